The second-order valence-corrected chi connectivity index (χ2v) is 11.2. The number of rotatable bonds is 6. The minimum Gasteiger partial charge on any atom is -0.456 e. The van der Waals surface area contributed by atoms with E-state index < -0.39 is 0 Å². The quantitative estimate of drug-likeness (QED) is 0.307. The first-order chi connectivity index (χ1) is 16.9. The van der Waals surface area contributed by atoms with Gasteiger partial charge in [0, 0.05) is 33.5 Å². The summed E-state index contributed by atoms with van der Waals surface area (Å²) in [4.78, 5) is 38.1. The summed E-state index contributed by atoms with van der Waals surface area (Å²) in [6.45, 7) is 3.14. The number of aromatic nitrogens is 4. The minimum atomic E-state index is 0.0283. The monoisotopic (exact) mass is 498 g/mol. The van der Waals surface area contributed by atoms with Crippen LogP contribution in [0.15, 0.2) is 65.2 Å². The molecule has 0 spiro atoms. The molecule has 3 heterocycles. The van der Waals surface area contributed by atoms with Gasteiger partial charge in [-0.3, -0.25) is 9.59 Å². The van der Waals surface area contributed by atoms with E-state index in [2.05, 4.69) is 44.2 Å². The molecule has 0 amide bonds. The third kappa shape index (κ3) is 4.18. The Morgan fingerprint density at radius 1 is 0.771 bits per heavy atom. The Bertz CT molecular complexity index is 1780. The van der Waals surface area contributed by atoms with E-state index in [1.165, 1.54) is 0 Å². The smallest absolute Gasteiger partial charge is 0.155 e. The van der Waals surface area contributed by atoms with Gasteiger partial charge in [0.1, 0.15) is 22.3 Å². The number of fused-ring (bicyclic) bond motifs is 4. The van der Waals surface area contributed by atoms with Crippen molar-refractivity contribution in [2.24, 2.45) is 0 Å². The SMILES string of the molecule is CC(=O)Pc1ncc(-c2ccc3c(c2)oc2cc(-c4ccc5nc(PC(C)=O)[nH]c5c4)ccc23)[nH]1. The maximum absolute atomic E-state index is 11.4. The zero-order chi connectivity index (χ0) is 24.1. The predicted octanol–water partition coefficient (Wildman–Crippen LogP) is 5.22. The third-order valence-electron chi connectivity index (χ3n) is 5.76. The number of carbonyl (C=O) groups is 2. The average molecular weight is 498 g/mol. The molecule has 7 nitrogen and oxygen atoms in total. The fraction of sp³-hybridized carbons (Fsp3) is 0.0769. The van der Waals surface area contributed by atoms with Gasteiger partial charge in [-0.2, -0.15) is 0 Å². The molecule has 3 aromatic carbocycles. The van der Waals surface area contributed by atoms with Crippen LogP contribution in [-0.4, -0.2) is 31.0 Å². The molecule has 2 unspecified atom stereocenters. The van der Waals surface area contributed by atoms with Gasteiger partial charge >= 0.3 is 0 Å². The fourth-order valence-corrected chi connectivity index (χ4v) is 5.60. The topological polar surface area (TPSA) is 105 Å². The number of furan rings is 1. The molecule has 0 fully saturated rings. The normalized spacial score (nSPS) is 12.3. The van der Waals surface area contributed by atoms with E-state index in [0.29, 0.717) is 11.1 Å². The Kier molecular flexibility index (Phi) is 5.32. The molecule has 2 N–H and O–H groups in total. The highest BCUT2D eigenvalue weighted by Crippen LogP contribution is 2.34. The summed E-state index contributed by atoms with van der Waals surface area (Å²) < 4.78 is 6.24. The van der Waals surface area contributed by atoms with Crippen LogP contribution in [0.2, 0.25) is 0 Å². The van der Waals surface area contributed by atoms with Crippen molar-refractivity contribution >= 4 is 72.3 Å². The number of imidazole rings is 2. The highest BCUT2D eigenvalue weighted by atomic mass is 31.1. The van der Waals surface area contributed by atoms with E-state index in [1.807, 2.05) is 30.3 Å². The van der Waals surface area contributed by atoms with Crippen LogP contribution >= 0.6 is 17.2 Å². The van der Waals surface area contributed by atoms with Gasteiger partial charge in [0.15, 0.2) is 11.0 Å². The minimum absolute atomic E-state index is 0.0283. The van der Waals surface area contributed by atoms with E-state index in [0.717, 1.165) is 55.4 Å². The lowest BCUT2D eigenvalue weighted by Crippen LogP contribution is -2.01. The fourth-order valence-electron chi connectivity index (χ4n) is 4.24. The Morgan fingerprint density at radius 2 is 1.40 bits per heavy atom. The van der Waals surface area contributed by atoms with Gasteiger partial charge in [0.05, 0.1) is 22.9 Å². The molecule has 0 aliphatic rings. The lowest BCUT2D eigenvalue weighted by molar-refractivity contribution is -0.110. The number of aromatic amines is 2. The highest BCUT2D eigenvalue weighted by molar-refractivity contribution is 7.64. The molecule has 6 rings (SSSR count). The molecule has 9 heteroatoms. The van der Waals surface area contributed by atoms with Gasteiger partial charge in [-0.15, -0.1) is 0 Å². The van der Waals surface area contributed by atoms with E-state index >= 15 is 0 Å². The van der Waals surface area contributed by atoms with Gasteiger partial charge in [0.2, 0.25) is 0 Å². The van der Waals surface area contributed by atoms with Crippen molar-refractivity contribution in [3.05, 3.63) is 60.8 Å². The zero-order valence-electron chi connectivity index (χ0n) is 18.9. The van der Waals surface area contributed by atoms with E-state index in [-0.39, 0.29) is 28.2 Å². The number of nitrogens with zero attached hydrogens (tertiary/aromatic N) is 2. The zero-order valence-corrected chi connectivity index (χ0v) is 20.9. The predicted molar refractivity (Wildman–Crippen MR) is 144 cm³/mol. The van der Waals surface area contributed by atoms with Crippen LogP contribution in [0.3, 0.4) is 0 Å². The maximum Gasteiger partial charge on any atom is 0.155 e. The van der Waals surface area contributed by atoms with Gasteiger partial charge in [-0.05, 0) is 61.4 Å². The molecule has 6 aromatic rings. The molecule has 0 aliphatic heterocycles. The van der Waals surface area contributed by atoms with Crippen molar-refractivity contribution in [2.45, 2.75) is 13.8 Å². The first kappa shape index (κ1) is 21.8. The average Bonchev–Trinajstić information content (AvgIpc) is 3.52. The largest absolute Gasteiger partial charge is 0.456 e. The summed E-state index contributed by atoms with van der Waals surface area (Å²) in [5.74, 6) is 0. The Balaban J connectivity index is 1.36. The van der Waals surface area contributed by atoms with Gasteiger partial charge < -0.3 is 14.4 Å². The van der Waals surface area contributed by atoms with Crippen LogP contribution in [0.4, 0.5) is 0 Å². The van der Waals surface area contributed by atoms with Gasteiger partial charge in [0.25, 0.3) is 0 Å². The Morgan fingerprint density at radius 3 is 2.14 bits per heavy atom. The summed E-state index contributed by atoms with van der Waals surface area (Å²) >= 11 is 0. The van der Waals surface area contributed by atoms with E-state index in [4.69, 9.17) is 4.42 Å². The molecular weight excluding hydrogens is 478 g/mol. The lowest BCUT2D eigenvalue weighted by atomic mass is 10.0. The van der Waals surface area contributed by atoms with Crippen LogP contribution in [-0.2, 0) is 9.59 Å². The summed E-state index contributed by atoms with van der Waals surface area (Å²) in [5, 5.41) is 2.09. The maximum atomic E-state index is 11.4. The van der Waals surface area contributed by atoms with Crippen LogP contribution in [0.5, 0.6) is 0 Å². The molecule has 0 radical (unpaired) electrons. The molecule has 0 saturated carbocycles. The number of benzene rings is 3. The number of nitrogens with one attached hydrogen (secondary N) is 2. The van der Waals surface area contributed by atoms with Gasteiger partial charge in [-0.1, -0.05) is 18.2 Å². The van der Waals surface area contributed by atoms with Crippen LogP contribution in [0.1, 0.15) is 13.8 Å². The molecule has 0 aliphatic carbocycles. The molecular formula is C26H20N4O3P2. The van der Waals surface area contributed by atoms with Crippen LogP contribution in [0.25, 0.3) is 55.4 Å². The third-order valence-corrected chi connectivity index (χ3v) is 7.43. The number of hydrogen-bond acceptors (Lipinski definition) is 5. The van der Waals surface area contributed by atoms with Crippen molar-refractivity contribution in [3.8, 4) is 22.4 Å². The summed E-state index contributed by atoms with van der Waals surface area (Å²) in [5.41, 5.74) is 8.83. The van der Waals surface area contributed by atoms with Crippen molar-refractivity contribution in [2.75, 3.05) is 0 Å². The summed E-state index contributed by atoms with van der Waals surface area (Å²) in [6, 6.07) is 18.4. The van der Waals surface area contributed by atoms with Crippen molar-refractivity contribution in [1.82, 2.24) is 19.9 Å². The second kappa shape index (κ2) is 8.53. The first-order valence-electron chi connectivity index (χ1n) is 11.0. The van der Waals surface area contributed by atoms with Crippen molar-refractivity contribution < 1.29 is 14.0 Å². The molecule has 2 atom stereocenters. The molecule has 35 heavy (non-hydrogen) atoms. The lowest BCUT2D eigenvalue weighted by Gasteiger charge is -2.02. The van der Waals surface area contributed by atoms with Crippen molar-refractivity contribution in [1.29, 1.82) is 0 Å². The Labute approximate surface area is 203 Å². The van der Waals surface area contributed by atoms with E-state index in [9.17, 15) is 9.59 Å². The molecule has 0 saturated heterocycles. The summed E-state index contributed by atoms with van der Waals surface area (Å²) in [6.07, 6.45) is 1.75. The second-order valence-electron chi connectivity index (χ2n) is 8.35. The molecule has 3 aromatic heterocycles. The van der Waals surface area contributed by atoms with E-state index in [1.54, 1.807) is 20.0 Å². The van der Waals surface area contributed by atoms with Crippen LogP contribution < -0.4 is 11.1 Å². The number of hydrogen-bond donors (Lipinski definition) is 2. The van der Waals surface area contributed by atoms with Gasteiger partial charge in [-0.25, -0.2) is 9.97 Å². The summed E-state index contributed by atoms with van der Waals surface area (Å²) in [7, 11) is 0.0637. The van der Waals surface area contributed by atoms with Crippen LogP contribution in [0, 0.1) is 0 Å². The Hall–Kier alpha value is -3.66. The standard InChI is InChI=1S/C26H20N4O3P2/c1-13(31)34-25-27-12-22(30-25)17-4-7-19-18-6-3-16(10-23(18)33-24(19)11-17)15-5-8-20-21(9-15)29-26(28-20)35-14(2)32/h3-12,34-35H,1-2H3,(H,27,30)(H,28,29). The number of H-pyrrole nitrogens is 2. The highest BCUT2D eigenvalue weighted by Gasteiger charge is 2.13. The molecule has 172 valence electrons. The van der Waals surface area contributed by atoms with Crippen molar-refractivity contribution in [3.63, 3.8) is 0 Å². The first-order valence-corrected chi connectivity index (χ1v) is 13.0. The molecule has 0 bridgehead atoms. The number of carbonyl (C=O) groups excluding carboxylic acids is 2.